The molecule has 0 unspecified atom stereocenters. The Labute approximate surface area is 264 Å². The second-order valence-electron chi connectivity index (χ2n) is 10.9. The molecule has 0 amide bonds. The van der Waals surface area contributed by atoms with Gasteiger partial charge in [0.1, 0.15) is 36.2 Å². The molecule has 0 aromatic heterocycles. The van der Waals surface area contributed by atoms with E-state index in [1.165, 1.54) is 0 Å². The summed E-state index contributed by atoms with van der Waals surface area (Å²) < 4.78 is 38.9. The standard InChI is InChI=1S/C39H36O6/c1-3-40-36-26-12-7-14-28(36)31-17-10-19-33-32-18-9-16-30(38(32)41-4-2)29-15-8-13-27(37(29)42-22-11-23-43-39(31)33)25-45-35-21-6-5-20-34(35)44-24-26/h5-10,12-21H,3-4,11,22-25H2,1-2H3. The summed E-state index contributed by atoms with van der Waals surface area (Å²) in [6, 6.07) is 32.7. The van der Waals surface area contributed by atoms with E-state index < -0.39 is 0 Å². The lowest BCUT2D eigenvalue weighted by Crippen LogP contribution is -2.11. The highest BCUT2D eigenvalue weighted by molar-refractivity contribution is 5.91. The van der Waals surface area contributed by atoms with E-state index >= 15 is 0 Å². The van der Waals surface area contributed by atoms with Crippen LogP contribution < -0.4 is 28.4 Å². The van der Waals surface area contributed by atoms with Crippen LogP contribution in [0.5, 0.6) is 34.5 Å². The van der Waals surface area contributed by atoms with Gasteiger partial charge in [-0.3, -0.25) is 0 Å². The molecule has 0 saturated heterocycles. The van der Waals surface area contributed by atoms with Gasteiger partial charge in [-0.1, -0.05) is 84.9 Å². The topological polar surface area (TPSA) is 55.4 Å². The Balaban J connectivity index is 1.55. The van der Waals surface area contributed by atoms with Crippen molar-refractivity contribution in [2.24, 2.45) is 0 Å². The van der Waals surface area contributed by atoms with Gasteiger partial charge in [-0.15, -0.1) is 0 Å². The molecule has 3 aliphatic heterocycles. The Kier molecular flexibility index (Phi) is 8.19. The molecule has 0 spiro atoms. The molecule has 0 aliphatic carbocycles. The molecule has 0 radical (unpaired) electrons. The molecule has 3 heterocycles. The first kappa shape index (κ1) is 28.7. The molecule has 10 bridgehead atoms. The number of hydrogen-bond acceptors (Lipinski definition) is 6. The molecule has 3 aliphatic rings. The summed E-state index contributed by atoms with van der Waals surface area (Å²) in [4.78, 5) is 0. The van der Waals surface area contributed by atoms with Crippen LogP contribution in [0.25, 0.3) is 33.4 Å². The second-order valence-corrected chi connectivity index (χ2v) is 10.9. The van der Waals surface area contributed by atoms with E-state index in [4.69, 9.17) is 28.4 Å². The first-order chi connectivity index (χ1) is 22.3. The van der Waals surface area contributed by atoms with Crippen LogP contribution in [0, 0.1) is 0 Å². The van der Waals surface area contributed by atoms with Crippen molar-refractivity contribution in [1.82, 2.24) is 0 Å². The Morgan fingerprint density at radius 3 is 1.56 bits per heavy atom. The summed E-state index contributed by atoms with van der Waals surface area (Å²) in [6.07, 6.45) is 0.698. The van der Waals surface area contributed by atoms with Gasteiger partial charge in [0.2, 0.25) is 0 Å². The highest BCUT2D eigenvalue weighted by Gasteiger charge is 2.25. The van der Waals surface area contributed by atoms with Crippen molar-refractivity contribution in [2.75, 3.05) is 26.4 Å². The number of ether oxygens (including phenoxy) is 6. The molecular weight excluding hydrogens is 564 g/mol. The minimum atomic E-state index is 0.301. The molecule has 6 nitrogen and oxygen atoms in total. The lowest BCUT2D eigenvalue weighted by Gasteiger charge is -2.24. The first-order valence-corrected chi connectivity index (χ1v) is 15.6. The maximum Gasteiger partial charge on any atom is 0.161 e. The smallest absolute Gasteiger partial charge is 0.161 e. The molecule has 6 heteroatoms. The first-order valence-electron chi connectivity index (χ1n) is 15.6. The van der Waals surface area contributed by atoms with Crippen LogP contribution in [-0.2, 0) is 13.2 Å². The fraction of sp³-hybridized carbons (Fsp3) is 0.231. The Hall–Kier alpha value is -5.10. The third-order valence-corrected chi connectivity index (χ3v) is 8.07. The molecule has 0 N–H and O–H groups in total. The zero-order valence-electron chi connectivity index (χ0n) is 25.6. The van der Waals surface area contributed by atoms with Gasteiger partial charge in [-0.2, -0.15) is 0 Å². The lowest BCUT2D eigenvalue weighted by atomic mass is 9.92. The number of fused-ring (bicyclic) bond motifs is 6. The number of hydrogen-bond donors (Lipinski definition) is 0. The van der Waals surface area contributed by atoms with E-state index in [0.717, 1.165) is 67.5 Å². The van der Waals surface area contributed by atoms with Gasteiger partial charge in [0.15, 0.2) is 11.5 Å². The fourth-order valence-electron chi connectivity index (χ4n) is 6.09. The third kappa shape index (κ3) is 5.53. The molecule has 5 aromatic carbocycles. The number of benzene rings is 5. The van der Waals surface area contributed by atoms with Crippen molar-refractivity contribution >= 4 is 0 Å². The van der Waals surface area contributed by atoms with E-state index in [-0.39, 0.29) is 0 Å². The quantitative estimate of drug-likeness (QED) is 0.205. The summed E-state index contributed by atoms with van der Waals surface area (Å²) in [5, 5.41) is 0. The van der Waals surface area contributed by atoms with Crippen LogP contribution in [0.15, 0.2) is 97.1 Å². The summed E-state index contributed by atoms with van der Waals surface area (Å²) in [7, 11) is 0. The zero-order valence-corrected chi connectivity index (χ0v) is 25.6. The molecule has 5 aromatic rings. The molecule has 0 saturated carbocycles. The van der Waals surface area contributed by atoms with E-state index in [2.05, 4.69) is 54.6 Å². The van der Waals surface area contributed by atoms with Crippen LogP contribution >= 0.6 is 0 Å². The molecular formula is C39H36O6. The summed E-state index contributed by atoms with van der Waals surface area (Å²) in [6.45, 7) is 6.58. The van der Waals surface area contributed by atoms with Crippen LogP contribution in [-0.4, -0.2) is 26.4 Å². The Morgan fingerprint density at radius 2 is 0.933 bits per heavy atom. The molecule has 0 atom stereocenters. The van der Waals surface area contributed by atoms with Gasteiger partial charge in [0.25, 0.3) is 0 Å². The van der Waals surface area contributed by atoms with Crippen LogP contribution in [0.4, 0.5) is 0 Å². The van der Waals surface area contributed by atoms with Crippen molar-refractivity contribution < 1.29 is 28.4 Å². The summed E-state index contributed by atoms with van der Waals surface area (Å²) in [5.74, 6) is 4.42. The second kappa shape index (κ2) is 12.9. The van der Waals surface area contributed by atoms with Crippen molar-refractivity contribution in [3.05, 3.63) is 108 Å². The number of para-hydroxylation sites is 6. The van der Waals surface area contributed by atoms with Gasteiger partial charge < -0.3 is 28.4 Å². The zero-order chi connectivity index (χ0) is 30.6. The molecule has 45 heavy (non-hydrogen) atoms. The van der Waals surface area contributed by atoms with E-state index in [1.54, 1.807) is 0 Å². The van der Waals surface area contributed by atoms with Gasteiger partial charge >= 0.3 is 0 Å². The van der Waals surface area contributed by atoms with E-state index in [0.29, 0.717) is 57.6 Å². The maximum absolute atomic E-state index is 6.69. The Morgan fingerprint density at radius 1 is 0.467 bits per heavy atom. The highest BCUT2D eigenvalue weighted by Crippen LogP contribution is 2.49. The van der Waals surface area contributed by atoms with E-state index in [1.807, 2.05) is 56.3 Å². The SMILES string of the molecule is CCOc1c2cccc1-c1cccc3c1OCCCOc1c(cccc1-c1cccc-3c1OCC)COc1ccccc1OC2. The lowest BCUT2D eigenvalue weighted by molar-refractivity contribution is 0.233. The fourth-order valence-corrected chi connectivity index (χ4v) is 6.09. The van der Waals surface area contributed by atoms with Gasteiger partial charge in [-0.25, -0.2) is 0 Å². The van der Waals surface area contributed by atoms with Crippen LogP contribution in [0.1, 0.15) is 31.4 Å². The largest absolute Gasteiger partial charge is 0.493 e. The average Bonchev–Trinajstić information content (AvgIpc) is 3.07. The van der Waals surface area contributed by atoms with Gasteiger partial charge in [0.05, 0.1) is 26.4 Å². The summed E-state index contributed by atoms with van der Waals surface area (Å²) >= 11 is 0. The minimum absolute atomic E-state index is 0.301. The monoisotopic (exact) mass is 600 g/mol. The van der Waals surface area contributed by atoms with Crippen LogP contribution in [0.3, 0.4) is 0 Å². The summed E-state index contributed by atoms with van der Waals surface area (Å²) in [5.41, 5.74) is 7.56. The molecule has 8 rings (SSSR count). The van der Waals surface area contributed by atoms with Crippen molar-refractivity contribution in [3.63, 3.8) is 0 Å². The Bertz CT molecular complexity index is 1830. The maximum atomic E-state index is 6.69. The predicted molar refractivity (Wildman–Crippen MR) is 176 cm³/mol. The van der Waals surface area contributed by atoms with Gasteiger partial charge in [0, 0.05) is 50.9 Å². The minimum Gasteiger partial charge on any atom is -0.493 e. The highest BCUT2D eigenvalue weighted by atomic mass is 16.5. The third-order valence-electron chi connectivity index (χ3n) is 8.07. The molecule has 0 fully saturated rings. The molecule has 228 valence electrons. The van der Waals surface area contributed by atoms with Crippen molar-refractivity contribution in [1.29, 1.82) is 0 Å². The number of rotatable bonds is 4. The van der Waals surface area contributed by atoms with Crippen LogP contribution in [0.2, 0.25) is 0 Å². The van der Waals surface area contributed by atoms with Crippen molar-refractivity contribution in [2.45, 2.75) is 33.5 Å². The predicted octanol–water partition coefficient (Wildman–Crippen LogP) is 9.12. The normalized spacial score (nSPS) is 13.6. The van der Waals surface area contributed by atoms with Crippen molar-refractivity contribution in [3.8, 4) is 67.9 Å². The van der Waals surface area contributed by atoms with Gasteiger partial charge in [-0.05, 0) is 26.0 Å². The average molecular weight is 601 g/mol. The van der Waals surface area contributed by atoms with E-state index in [9.17, 15) is 0 Å².